The molecule has 1 amide bonds. The maximum atomic E-state index is 11.4. The van der Waals surface area contributed by atoms with E-state index in [9.17, 15) is 4.79 Å². The Morgan fingerprint density at radius 1 is 1.56 bits per heavy atom. The number of carbonyl (C=O) groups is 1. The second kappa shape index (κ2) is 7.24. The Kier molecular flexibility index (Phi) is 5.88. The van der Waals surface area contributed by atoms with E-state index in [1.54, 1.807) is 12.4 Å². The van der Waals surface area contributed by atoms with Crippen molar-refractivity contribution in [2.24, 2.45) is 5.92 Å². The maximum Gasteiger partial charge on any atom is 0.230 e. The number of nitrogens with one attached hydrogen (secondary N) is 1. The van der Waals surface area contributed by atoms with Crippen LogP contribution in [0.1, 0.15) is 6.92 Å². The van der Waals surface area contributed by atoms with Crippen molar-refractivity contribution >= 4 is 17.7 Å². The number of nitrogens with zero attached hydrogens (tertiary/aromatic N) is 1. The van der Waals surface area contributed by atoms with Crippen molar-refractivity contribution in [2.75, 3.05) is 18.9 Å². The van der Waals surface area contributed by atoms with Gasteiger partial charge in [0.05, 0.1) is 5.75 Å². The number of pyridine rings is 1. The number of aliphatic hydroxyl groups is 1. The third kappa shape index (κ3) is 5.14. The minimum atomic E-state index is -0.0119. The molecule has 0 radical (unpaired) electrons. The molecule has 0 spiro atoms. The highest BCUT2D eigenvalue weighted by Crippen LogP contribution is 2.15. The van der Waals surface area contributed by atoms with Gasteiger partial charge in [0.15, 0.2) is 0 Å². The number of hydrogen-bond donors (Lipinski definition) is 2. The van der Waals surface area contributed by atoms with Gasteiger partial charge >= 0.3 is 0 Å². The van der Waals surface area contributed by atoms with Gasteiger partial charge < -0.3 is 10.4 Å². The van der Waals surface area contributed by atoms with Crippen LogP contribution in [-0.4, -0.2) is 34.9 Å². The first-order chi connectivity index (χ1) is 7.72. The highest BCUT2D eigenvalue weighted by Gasteiger charge is 2.05. The number of aliphatic hydroxyl groups excluding tert-OH is 1. The van der Waals surface area contributed by atoms with Crippen LogP contribution in [0.4, 0.5) is 0 Å². The predicted octanol–water partition coefficient (Wildman–Crippen LogP) is 0.918. The molecule has 0 aliphatic rings. The lowest BCUT2D eigenvalue weighted by atomic mass is 10.2. The standard InChI is InChI=1S/C11H16N2O2S/c1-9(7-14)6-13-11(15)8-16-10-2-4-12-5-3-10/h2-5,9,14H,6-8H2,1H3,(H,13,15). The molecule has 4 nitrogen and oxygen atoms in total. The van der Waals surface area contributed by atoms with Crippen molar-refractivity contribution in [1.29, 1.82) is 0 Å². The summed E-state index contributed by atoms with van der Waals surface area (Å²) in [5, 5.41) is 11.6. The molecule has 1 atom stereocenters. The summed E-state index contributed by atoms with van der Waals surface area (Å²) in [6, 6.07) is 3.74. The number of thioether (sulfide) groups is 1. The molecule has 88 valence electrons. The Hall–Kier alpha value is -1.07. The summed E-state index contributed by atoms with van der Waals surface area (Å²) in [4.78, 5) is 16.3. The smallest absolute Gasteiger partial charge is 0.230 e. The van der Waals surface area contributed by atoms with Gasteiger partial charge in [0.25, 0.3) is 0 Å². The summed E-state index contributed by atoms with van der Waals surface area (Å²) in [5.74, 6) is 0.485. The van der Waals surface area contributed by atoms with Crippen molar-refractivity contribution in [3.8, 4) is 0 Å². The Balaban J connectivity index is 2.20. The van der Waals surface area contributed by atoms with Gasteiger partial charge in [0, 0.05) is 30.4 Å². The highest BCUT2D eigenvalue weighted by molar-refractivity contribution is 8.00. The van der Waals surface area contributed by atoms with E-state index in [-0.39, 0.29) is 18.4 Å². The Bertz CT molecular complexity index is 319. The number of rotatable bonds is 6. The zero-order chi connectivity index (χ0) is 11.8. The molecule has 0 bridgehead atoms. The summed E-state index contributed by atoms with van der Waals surface area (Å²) in [5.41, 5.74) is 0. The Labute approximate surface area is 99.5 Å². The molecule has 0 aliphatic carbocycles. The summed E-state index contributed by atoms with van der Waals surface area (Å²) in [6.45, 7) is 2.50. The molecule has 0 aromatic carbocycles. The van der Waals surface area contributed by atoms with E-state index in [2.05, 4.69) is 10.3 Å². The van der Waals surface area contributed by atoms with E-state index in [0.717, 1.165) is 4.90 Å². The van der Waals surface area contributed by atoms with Crippen molar-refractivity contribution in [2.45, 2.75) is 11.8 Å². The molecule has 1 heterocycles. The predicted molar refractivity (Wildman–Crippen MR) is 64.2 cm³/mol. The molecule has 1 aromatic rings. The third-order valence-electron chi connectivity index (χ3n) is 1.98. The quantitative estimate of drug-likeness (QED) is 0.726. The van der Waals surface area contributed by atoms with Gasteiger partial charge in [-0.25, -0.2) is 0 Å². The third-order valence-corrected chi connectivity index (χ3v) is 2.99. The van der Waals surface area contributed by atoms with Crippen molar-refractivity contribution in [3.05, 3.63) is 24.5 Å². The lowest BCUT2D eigenvalue weighted by molar-refractivity contribution is -0.118. The molecule has 1 aromatic heterocycles. The van der Waals surface area contributed by atoms with Crippen LogP contribution in [0.5, 0.6) is 0 Å². The lowest BCUT2D eigenvalue weighted by Gasteiger charge is -2.09. The first-order valence-electron chi connectivity index (χ1n) is 5.12. The van der Waals surface area contributed by atoms with Gasteiger partial charge in [0.2, 0.25) is 5.91 Å². The first kappa shape index (κ1) is 13.0. The van der Waals surface area contributed by atoms with Crippen LogP contribution in [-0.2, 0) is 4.79 Å². The van der Waals surface area contributed by atoms with Gasteiger partial charge in [-0.05, 0) is 18.1 Å². The van der Waals surface area contributed by atoms with Gasteiger partial charge in [-0.2, -0.15) is 0 Å². The van der Waals surface area contributed by atoms with E-state index in [4.69, 9.17) is 5.11 Å². The maximum absolute atomic E-state index is 11.4. The average Bonchev–Trinajstić information content (AvgIpc) is 2.34. The molecule has 5 heteroatoms. The van der Waals surface area contributed by atoms with E-state index in [1.165, 1.54) is 11.8 Å². The second-order valence-electron chi connectivity index (χ2n) is 3.56. The first-order valence-corrected chi connectivity index (χ1v) is 6.11. The minimum absolute atomic E-state index is 0.0119. The topological polar surface area (TPSA) is 62.2 Å². The largest absolute Gasteiger partial charge is 0.396 e. The molecule has 0 aliphatic heterocycles. The van der Waals surface area contributed by atoms with Gasteiger partial charge in [-0.3, -0.25) is 9.78 Å². The van der Waals surface area contributed by atoms with E-state index in [1.807, 2.05) is 19.1 Å². The molecule has 1 rings (SSSR count). The summed E-state index contributed by atoms with van der Waals surface area (Å²) < 4.78 is 0. The fourth-order valence-electron chi connectivity index (χ4n) is 0.987. The molecule has 0 saturated heterocycles. The lowest BCUT2D eigenvalue weighted by Crippen LogP contribution is -2.30. The molecule has 1 unspecified atom stereocenters. The second-order valence-corrected chi connectivity index (χ2v) is 4.61. The van der Waals surface area contributed by atoms with E-state index in [0.29, 0.717) is 12.3 Å². The van der Waals surface area contributed by atoms with E-state index >= 15 is 0 Å². The van der Waals surface area contributed by atoms with Gasteiger partial charge in [-0.15, -0.1) is 11.8 Å². The average molecular weight is 240 g/mol. The highest BCUT2D eigenvalue weighted by atomic mass is 32.2. The molecule has 0 fully saturated rings. The Morgan fingerprint density at radius 2 is 2.25 bits per heavy atom. The summed E-state index contributed by atoms with van der Waals surface area (Å²) in [7, 11) is 0. The monoisotopic (exact) mass is 240 g/mol. The van der Waals surface area contributed by atoms with E-state index < -0.39 is 0 Å². The van der Waals surface area contributed by atoms with Crippen LogP contribution in [0.25, 0.3) is 0 Å². The van der Waals surface area contributed by atoms with Crippen LogP contribution >= 0.6 is 11.8 Å². The zero-order valence-electron chi connectivity index (χ0n) is 9.22. The van der Waals surface area contributed by atoms with Crippen LogP contribution in [0, 0.1) is 5.92 Å². The number of carbonyl (C=O) groups excluding carboxylic acids is 1. The molecule has 2 N–H and O–H groups in total. The van der Waals surface area contributed by atoms with Crippen molar-refractivity contribution in [3.63, 3.8) is 0 Å². The minimum Gasteiger partial charge on any atom is -0.396 e. The summed E-state index contributed by atoms with van der Waals surface area (Å²) in [6.07, 6.45) is 3.40. The van der Waals surface area contributed by atoms with Crippen LogP contribution in [0.15, 0.2) is 29.4 Å². The molecular weight excluding hydrogens is 224 g/mol. The van der Waals surface area contributed by atoms with Gasteiger partial charge in [0.1, 0.15) is 0 Å². The Morgan fingerprint density at radius 3 is 2.88 bits per heavy atom. The number of amides is 1. The fourth-order valence-corrected chi connectivity index (χ4v) is 1.70. The van der Waals surface area contributed by atoms with Gasteiger partial charge in [-0.1, -0.05) is 6.92 Å². The zero-order valence-corrected chi connectivity index (χ0v) is 10.0. The SMILES string of the molecule is CC(CO)CNC(=O)CSc1ccncc1. The molecular formula is C11H16N2O2S. The molecule has 0 saturated carbocycles. The van der Waals surface area contributed by atoms with Crippen LogP contribution < -0.4 is 5.32 Å². The van der Waals surface area contributed by atoms with Crippen molar-refractivity contribution < 1.29 is 9.90 Å². The number of hydrogen-bond acceptors (Lipinski definition) is 4. The number of aromatic nitrogens is 1. The molecule has 16 heavy (non-hydrogen) atoms. The van der Waals surface area contributed by atoms with Crippen LogP contribution in [0.3, 0.4) is 0 Å². The fraction of sp³-hybridized carbons (Fsp3) is 0.455. The normalized spacial score (nSPS) is 12.1. The van der Waals surface area contributed by atoms with Crippen LogP contribution in [0.2, 0.25) is 0 Å². The van der Waals surface area contributed by atoms with Crippen molar-refractivity contribution in [1.82, 2.24) is 10.3 Å². The summed E-state index contributed by atoms with van der Waals surface area (Å²) >= 11 is 1.47.